The average molecular weight is 745 g/mol. The van der Waals surface area contributed by atoms with Crippen LogP contribution in [0.3, 0.4) is 0 Å². The van der Waals surface area contributed by atoms with Crippen molar-refractivity contribution in [3.05, 3.63) is 0 Å². The molecule has 6 atom stereocenters. The number of sulfone groups is 1. The van der Waals surface area contributed by atoms with Gasteiger partial charge < -0.3 is 10.2 Å². The quantitative estimate of drug-likeness (QED) is 0.245. The molecule has 0 spiro atoms. The Morgan fingerprint density at radius 1 is 0.846 bits per heavy atom. The Bertz CT molecular complexity index is 1450. The summed E-state index contributed by atoms with van der Waals surface area (Å²) in [5.41, 5.74) is -0.751. The second kappa shape index (κ2) is 16.3. The molecule has 3 saturated carbocycles. The van der Waals surface area contributed by atoms with Crippen molar-refractivity contribution in [3.8, 4) is 0 Å². The topological polar surface area (TPSA) is 135 Å². The monoisotopic (exact) mass is 744 g/mol. The molecule has 2 aliphatic heterocycles. The Balaban J connectivity index is 1.38. The van der Waals surface area contributed by atoms with E-state index in [1.165, 1.54) is 0 Å². The van der Waals surface area contributed by atoms with Crippen LogP contribution in [0.1, 0.15) is 170 Å². The van der Waals surface area contributed by atoms with Gasteiger partial charge in [-0.25, -0.2) is 8.42 Å². The fourth-order valence-corrected chi connectivity index (χ4v) is 12.3. The second-order valence-electron chi connectivity index (χ2n) is 19.1. The lowest BCUT2D eigenvalue weighted by atomic mass is 9.68. The third-order valence-corrected chi connectivity index (χ3v) is 17.2. The van der Waals surface area contributed by atoms with E-state index in [1.54, 1.807) is 32.6 Å². The number of hydrogen-bond acceptors (Lipinski definition) is 7. The molecule has 5 rings (SSSR count). The molecule has 9 nitrogen and oxygen atoms in total. The van der Waals surface area contributed by atoms with Crippen molar-refractivity contribution < 1.29 is 32.4 Å². The van der Waals surface area contributed by atoms with Crippen LogP contribution in [0.5, 0.6) is 0 Å². The molecular weight excluding hydrogens is 677 g/mol. The van der Waals surface area contributed by atoms with Gasteiger partial charge in [0.2, 0.25) is 11.7 Å². The molecular formula is C42H68N2O7S. The van der Waals surface area contributed by atoms with Gasteiger partial charge in [0.05, 0.1) is 16.0 Å². The molecule has 0 aromatic heterocycles. The molecule has 52 heavy (non-hydrogen) atoms. The van der Waals surface area contributed by atoms with Gasteiger partial charge in [0, 0.05) is 43.7 Å². The predicted octanol–water partition coefficient (Wildman–Crippen LogP) is 7.32. The number of rotatable bonds is 9. The van der Waals surface area contributed by atoms with E-state index in [1.807, 2.05) is 0 Å². The maximum atomic E-state index is 14.7. The summed E-state index contributed by atoms with van der Waals surface area (Å²) in [4.78, 5) is 71.4. The number of amides is 2. The van der Waals surface area contributed by atoms with Gasteiger partial charge in [-0.05, 0) is 88.9 Å². The fourth-order valence-electron chi connectivity index (χ4n) is 10.2. The maximum Gasteiger partial charge on any atom is 0.287 e. The molecule has 0 radical (unpaired) electrons. The molecule has 5 aliphatic rings. The van der Waals surface area contributed by atoms with Gasteiger partial charge in [-0.2, -0.15) is 0 Å². The van der Waals surface area contributed by atoms with Gasteiger partial charge in [0.1, 0.15) is 5.78 Å². The van der Waals surface area contributed by atoms with Gasteiger partial charge in [0.15, 0.2) is 15.6 Å². The normalized spacial score (nSPS) is 31.1. The highest BCUT2D eigenvalue weighted by molar-refractivity contribution is 7.93. The Morgan fingerprint density at radius 3 is 1.98 bits per heavy atom. The molecule has 2 heterocycles. The fraction of sp³-hybridized carbons (Fsp3) is 0.881. The zero-order valence-electron chi connectivity index (χ0n) is 33.1. The standard InChI is InChI=1S/C42H68N2O7S/c1-28(52(50,51)40(2,3)4)42(22-16-13-17-23-42)26-32(45)24-30-19-15-12-10-8-7-9-11-14-18-29(37(47)38(48)43-31-20-21-31)25-34(46)36-35-33(41(35,5)6)27-44(36)39(30)49/h28-31,33,35-36H,7-27H2,1-6H3,(H,43,48)/t28-,29-,30-,33+,35+,36-/m1/s1. The number of hydrogen-bond donors (Lipinski definition) is 1. The first-order valence-electron chi connectivity index (χ1n) is 20.8. The third kappa shape index (κ3) is 9.05. The van der Waals surface area contributed by atoms with E-state index >= 15 is 0 Å². The van der Waals surface area contributed by atoms with Gasteiger partial charge in [-0.15, -0.1) is 0 Å². The summed E-state index contributed by atoms with van der Waals surface area (Å²) in [6, 6.07) is -0.610. The lowest BCUT2D eigenvalue weighted by Gasteiger charge is -2.44. The van der Waals surface area contributed by atoms with Crippen LogP contribution in [0.25, 0.3) is 0 Å². The molecule has 2 saturated heterocycles. The van der Waals surface area contributed by atoms with Crippen molar-refractivity contribution in [1.82, 2.24) is 10.2 Å². The number of carbonyl (C=O) groups is 5. The molecule has 5 fully saturated rings. The van der Waals surface area contributed by atoms with Gasteiger partial charge in [0.25, 0.3) is 5.91 Å². The summed E-state index contributed by atoms with van der Waals surface area (Å²) >= 11 is 0. The van der Waals surface area contributed by atoms with Crippen molar-refractivity contribution >= 4 is 39.0 Å². The van der Waals surface area contributed by atoms with E-state index in [-0.39, 0.29) is 60.0 Å². The molecule has 3 aliphatic carbocycles. The molecule has 0 aromatic rings. The highest BCUT2D eigenvalue weighted by Gasteiger charge is 2.69. The predicted molar refractivity (Wildman–Crippen MR) is 203 cm³/mol. The largest absolute Gasteiger partial charge is 0.347 e. The summed E-state index contributed by atoms with van der Waals surface area (Å²) in [6.45, 7) is 11.7. The molecule has 0 aromatic carbocycles. The first-order valence-corrected chi connectivity index (χ1v) is 22.4. The van der Waals surface area contributed by atoms with Crippen LogP contribution in [-0.4, -0.2) is 71.1 Å². The zero-order valence-corrected chi connectivity index (χ0v) is 33.9. The van der Waals surface area contributed by atoms with Crippen molar-refractivity contribution in [2.24, 2.45) is 34.5 Å². The van der Waals surface area contributed by atoms with Gasteiger partial charge in [-0.1, -0.05) is 84.5 Å². The van der Waals surface area contributed by atoms with E-state index in [4.69, 9.17) is 0 Å². The molecule has 294 valence electrons. The number of piperidine rings is 1. The first-order chi connectivity index (χ1) is 24.4. The van der Waals surface area contributed by atoms with Gasteiger partial charge >= 0.3 is 0 Å². The zero-order chi connectivity index (χ0) is 38.1. The SMILES string of the molecule is C[C@H](C1(CC(=O)C[C@H]2CCCCCCCCCC[C@@H](C(=O)C(=O)NC3CC3)CC(=O)[C@@H]3[C@@H]4[C@H](CN3C2=O)C4(C)C)CCCCC1)S(=O)(=O)C(C)(C)C. The lowest BCUT2D eigenvalue weighted by molar-refractivity contribution is -0.146. The number of fused-ring (bicyclic) bond motifs is 3. The third-order valence-electron chi connectivity index (χ3n) is 14.0. The van der Waals surface area contributed by atoms with E-state index in [2.05, 4.69) is 19.2 Å². The molecule has 10 heteroatoms. The number of Topliss-reactive ketones (excluding diaryl/α,β-unsaturated/α-hetero) is 3. The van der Waals surface area contributed by atoms with Crippen LogP contribution < -0.4 is 5.32 Å². The Morgan fingerprint density at radius 2 is 1.40 bits per heavy atom. The van der Waals surface area contributed by atoms with Gasteiger partial charge in [-0.3, -0.25) is 24.0 Å². The minimum Gasteiger partial charge on any atom is -0.347 e. The average Bonchev–Trinajstić information content (AvgIpc) is 3.93. The molecule has 2 amide bonds. The molecule has 0 unspecified atom stereocenters. The van der Waals surface area contributed by atoms with E-state index in [9.17, 15) is 32.4 Å². The summed E-state index contributed by atoms with van der Waals surface area (Å²) in [5.74, 6) is -2.55. The molecule has 1 N–H and O–H groups in total. The smallest absolute Gasteiger partial charge is 0.287 e. The van der Waals surface area contributed by atoms with E-state index in [0.717, 1.165) is 83.5 Å². The van der Waals surface area contributed by atoms with E-state index in [0.29, 0.717) is 32.2 Å². The van der Waals surface area contributed by atoms with Crippen molar-refractivity contribution in [2.75, 3.05) is 6.54 Å². The van der Waals surface area contributed by atoms with Crippen LogP contribution in [0.4, 0.5) is 0 Å². The highest BCUT2D eigenvalue weighted by Crippen LogP contribution is 2.65. The van der Waals surface area contributed by atoms with Crippen LogP contribution in [-0.2, 0) is 33.8 Å². The summed E-state index contributed by atoms with van der Waals surface area (Å²) in [5, 5.41) is 2.16. The minimum absolute atomic E-state index is 0.00705. The number of nitrogens with one attached hydrogen (secondary N) is 1. The van der Waals surface area contributed by atoms with Crippen LogP contribution >= 0.6 is 0 Å². The minimum atomic E-state index is -3.53. The summed E-state index contributed by atoms with van der Waals surface area (Å²) in [7, 11) is -3.53. The van der Waals surface area contributed by atoms with Crippen molar-refractivity contribution in [3.63, 3.8) is 0 Å². The Labute approximate surface area is 313 Å². The van der Waals surface area contributed by atoms with Crippen LogP contribution in [0.2, 0.25) is 0 Å². The lowest BCUT2D eigenvalue weighted by Crippen LogP contribution is -2.49. The first kappa shape index (κ1) is 41.1. The second-order valence-corrected chi connectivity index (χ2v) is 22.1. The summed E-state index contributed by atoms with van der Waals surface area (Å²) < 4.78 is 26.6. The Hall–Kier alpha value is -2.10. The van der Waals surface area contributed by atoms with Crippen LogP contribution in [0, 0.1) is 34.5 Å². The molecule has 0 bridgehead atoms. The van der Waals surface area contributed by atoms with Crippen molar-refractivity contribution in [1.29, 1.82) is 0 Å². The summed E-state index contributed by atoms with van der Waals surface area (Å²) in [6.07, 6.45) is 14.9. The van der Waals surface area contributed by atoms with E-state index < -0.39 is 54.8 Å². The number of ketones is 3. The van der Waals surface area contributed by atoms with Crippen molar-refractivity contribution in [2.45, 2.75) is 192 Å². The maximum absolute atomic E-state index is 14.7. The highest BCUT2D eigenvalue weighted by atomic mass is 32.2. The number of nitrogens with zero attached hydrogens (tertiary/aromatic N) is 1. The Kier molecular flexibility index (Phi) is 12.9. The number of carbonyl (C=O) groups excluding carboxylic acids is 5. The van der Waals surface area contributed by atoms with Crippen LogP contribution in [0.15, 0.2) is 0 Å².